The summed E-state index contributed by atoms with van der Waals surface area (Å²) in [5.41, 5.74) is -0.373. The van der Waals surface area contributed by atoms with Crippen molar-refractivity contribution in [3.63, 3.8) is 0 Å². The summed E-state index contributed by atoms with van der Waals surface area (Å²) in [7, 11) is -3.68. The number of ether oxygens (including phenoxy) is 1. The molecule has 0 aromatic rings. The smallest absolute Gasteiger partial charge is 0.325 e. The molecule has 5 atom stereocenters. The van der Waals surface area contributed by atoms with Crippen LogP contribution in [0.15, 0.2) is 12.7 Å². The topological polar surface area (TPSA) is 98.8 Å². The van der Waals surface area contributed by atoms with Crippen LogP contribution >= 0.6 is 0 Å². The van der Waals surface area contributed by atoms with Crippen molar-refractivity contribution in [2.75, 3.05) is 6.54 Å². The summed E-state index contributed by atoms with van der Waals surface area (Å²) in [6, 6.07) is 0. The number of amides is 1. The van der Waals surface area contributed by atoms with Gasteiger partial charge in [-0.1, -0.05) is 13.5 Å². The van der Waals surface area contributed by atoms with E-state index in [9.17, 15) is 18.0 Å². The maximum absolute atomic E-state index is 12.0. The molecule has 3 fully saturated rings. The van der Waals surface area contributed by atoms with E-state index >= 15 is 0 Å². The van der Waals surface area contributed by atoms with Gasteiger partial charge < -0.3 is 10.1 Å². The molecule has 2 bridgehead atoms. The lowest BCUT2D eigenvalue weighted by Gasteiger charge is -2.32. The number of esters is 1. The van der Waals surface area contributed by atoms with Gasteiger partial charge in [-0.25, -0.2) is 0 Å². The minimum Gasteiger partial charge on any atom is -0.459 e. The monoisotopic (exact) mass is 315 g/mol. The molecule has 1 N–H and O–H groups in total. The third kappa shape index (κ3) is 2.17. The molecule has 3 rings (SSSR count). The minimum absolute atomic E-state index is 0.0967. The van der Waals surface area contributed by atoms with Crippen molar-refractivity contribution >= 4 is 22.0 Å². The Hall–Kier alpha value is -1.41. The van der Waals surface area contributed by atoms with E-state index in [1.807, 2.05) is 6.92 Å². The second-order valence-electron chi connectivity index (χ2n) is 6.15. The lowest BCUT2D eigenvalue weighted by Crippen LogP contribution is -2.45. The van der Waals surface area contributed by atoms with Crippen LogP contribution in [-0.2, 0) is 28.6 Å². The van der Waals surface area contributed by atoms with Crippen molar-refractivity contribution in [3.8, 4) is 0 Å². The third-order valence-electron chi connectivity index (χ3n) is 4.70. The number of rotatable bonds is 4. The molecule has 2 saturated carbocycles. The Morgan fingerprint density at radius 2 is 2.19 bits per heavy atom. The molecule has 21 heavy (non-hydrogen) atoms. The Morgan fingerprint density at radius 1 is 1.48 bits per heavy atom. The van der Waals surface area contributed by atoms with Crippen LogP contribution in [0.4, 0.5) is 0 Å². The molecule has 2 aliphatic carbocycles. The van der Waals surface area contributed by atoms with Crippen LogP contribution in [0.3, 0.4) is 0 Å². The normalized spacial score (nSPS) is 41.8. The number of carbonyl (C=O) groups is 2. The van der Waals surface area contributed by atoms with E-state index in [4.69, 9.17) is 8.92 Å². The summed E-state index contributed by atoms with van der Waals surface area (Å²) in [6.07, 6.45) is 1.31. The number of hydrogen-bond donors (Lipinski definition) is 1. The molecule has 0 aromatic heterocycles. The highest BCUT2D eigenvalue weighted by atomic mass is 32.2. The van der Waals surface area contributed by atoms with Gasteiger partial charge in [0.2, 0.25) is 5.91 Å². The van der Waals surface area contributed by atoms with Crippen LogP contribution in [0, 0.1) is 11.3 Å². The molecule has 1 aliphatic heterocycles. The van der Waals surface area contributed by atoms with Crippen LogP contribution < -0.4 is 5.32 Å². The second-order valence-corrected chi connectivity index (χ2v) is 7.87. The first kappa shape index (κ1) is 14.5. The first-order valence-corrected chi connectivity index (χ1v) is 8.26. The van der Waals surface area contributed by atoms with Crippen molar-refractivity contribution in [2.45, 2.75) is 37.2 Å². The SMILES string of the molecule is C=CC(=O)NCC(=O)OC1C2C3CC1(C)CC3OS2(=O)=O. The molecule has 7 nitrogen and oxygen atoms in total. The van der Waals surface area contributed by atoms with E-state index in [0.717, 1.165) is 6.08 Å². The molecule has 0 aromatic carbocycles. The third-order valence-corrected chi connectivity index (χ3v) is 6.48. The summed E-state index contributed by atoms with van der Waals surface area (Å²) < 4.78 is 34.5. The highest BCUT2D eigenvalue weighted by molar-refractivity contribution is 7.87. The Bertz CT molecular complexity index is 610. The first-order valence-electron chi connectivity index (χ1n) is 6.79. The van der Waals surface area contributed by atoms with E-state index in [1.54, 1.807) is 0 Å². The average molecular weight is 315 g/mol. The van der Waals surface area contributed by atoms with E-state index in [0.29, 0.717) is 12.8 Å². The number of carbonyl (C=O) groups excluding carboxylic acids is 2. The fraction of sp³-hybridized carbons (Fsp3) is 0.692. The molecule has 0 radical (unpaired) electrons. The molecule has 8 heteroatoms. The number of fused-ring (bicyclic) bond motifs is 1. The van der Waals surface area contributed by atoms with Crippen LogP contribution in [0.5, 0.6) is 0 Å². The maximum Gasteiger partial charge on any atom is 0.325 e. The van der Waals surface area contributed by atoms with Gasteiger partial charge in [0.1, 0.15) is 17.9 Å². The van der Waals surface area contributed by atoms with Crippen LogP contribution in [0.25, 0.3) is 0 Å². The molecular formula is C13H17NO6S. The quantitative estimate of drug-likeness (QED) is 0.435. The van der Waals surface area contributed by atoms with Crippen molar-refractivity contribution in [1.82, 2.24) is 5.32 Å². The highest BCUT2D eigenvalue weighted by Crippen LogP contribution is 2.62. The van der Waals surface area contributed by atoms with E-state index < -0.39 is 33.3 Å². The zero-order valence-electron chi connectivity index (χ0n) is 11.6. The molecule has 116 valence electrons. The molecule has 1 heterocycles. The zero-order valence-corrected chi connectivity index (χ0v) is 12.4. The van der Waals surface area contributed by atoms with Crippen LogP contribution in [0.2, 0.25) is 0 Å². The molecule has 0 spiro atoms. The Labute approximate surface area is 122 Å². The first-order chi connectivity index (χ1) is 9.77. The minimum atomic E-state index is -3.68. The van der Waals surface area contributed by atoms with Gasteiger partial charge in [-0.2, -0.15) is 8.42 Å². The van der Waals surface area contributed by atoms with Crippen LogP contribution in [0.1, 0.15) is 19.8 Å². The molecule has 5 unspecified atom stereocenters. The van der Waals surface area contributed by atoms with Crippen LogP contribution in [-0.4, -0.2) is 44.3 Å². The predicted octanol–water partition coefficient (Wildman–Crippen LogP) is -0.273. The highest BCUT2D eigenvalue weighted by Gasteiger charge is 2.70. The molecule has 3 aliphatic rings. The fourth-order valence-corrected chi connectivity index (χ4v) is 5.95. The summed E-state index contributed by atoms with van der Waals surface area (Å²) in [4.78, 5) is 22.8. The van der Waals surface area contributed by atoms with Crippen molar-refractivity contribution in [1.29, 1.82) is 0 Å². The summed E-state index contributed by atoms with van der Waals surface area (Å²) in [5.74, 6) is -1.23. The van der Waals surface area contributed by atoms with E-state index in [-0.39, 0.29) is 24.0 Å². The van der Waals surface area contributed by atoms with Gasteiger partial charge >= 0.3 is 5.97 Å². The molecular weight excluding hydrogens is 298 g/mol. The van der Waals surface area contributed by atoms with Gasteiger partial charge in [0, 0.05) is 11.3 Å². The Morgan fingerprint density at radius 3 is 2.86 bits per heavy atom. The van der Waals surface area contributed by atoms with E-state index in [1.165, 1.54) is 0 Å². The van der Waals surface area contributed by atoms with Gasteiger partial charge in [-0.3, -0.25) is 13.8 Å². The number of hydrogen-bond acceptors (Lipinski definition) is 6. The van der Waals surface area contributed by atoms with Crippen molar-refractivity contribution in [3.05, 3.63) is 12.7 Å². The lowest BCUT2D eigenvalue weighted by molar-refractivity contribution is -0.154. The van der Waals surface area contributed by atoms with Crippen molar-refractivity contribution < 1.29 is 26.9 Å². The summed E-state index contributed by atoms with van der Waals surface area (Å²) in [6.45, 7) is 4.89. The lowest BCUT2D eigenvalue weighted by atomic mass is 9.82. The maximum atomic E-state index is 12.0. The Kier molecular flexibility index (Phi) is 3.14. The summed E-state index contributed by atoms with van der Waals surface area (Å²) >= 11 is 0. The van der Waals surface area contributed by atoms with E-state index in [2.05, 4.69) is 11.9 Å². The molecule has 1 amide bonds. The van der Waals surface area contributed by atoms with Gasteiger partial charge in [-0.15, -0.1) is 0 Å². The summed E-state index contributed by atoms with van der Waals surface area (Å²) in [5, 5.41) is 1.54. The van der Waals surface area contributed by atoms with Gasteiger partial charge in [-0.05, 0) is 18.9 Å². The van der Waals surface area contributed by atoms with Gasteiger partial charge in [0.25, 0.3) is 10.1 Å². The Balaban J connectivity index is 1.72. The number of nitrogens with one attached hydrogen (secondary N) is 1. The predicted molar refractivity (Wildman–Crippen MR) is 71.5 cm³/mol. The standard InChI is InChI=1S/C13H17NO6S/c1-3-9(15)14-6-10(16)19-12-11-7-4-13(12,2)5-8(7)20-21(11,17)18/h3,7-8,11-12H,1,4-6H2,2H3,(H,14,15). The van der Waals surface area contributed by atoms with Gasteiger partial charge in [0.05, 0.1) is 6.10 Å². The largest absolute Gasteiger partial charge is 0.459 e. The van der Waals surface area contributed by atoms with Crippen molar-refractivity contribution in [2.24, 2.45) is 11.3 Å². The zero-order chi connectivity index (χ0) is 15.4. The van der Waals surface area contributed by atoms with Gasteiger partial charge in [0.15, 0.2) is 0 Å². The molecule has 1 saturated heterocycles. The fourth-order valence-electron chi connectivity index (χ4n) is 3.88. The second kappa shape index (κ2) is 4.54. The average Bonchev–Trinajstić information content (AvgIpc) is 2.91.